The second kappa shape index (κ2) is 6.70. The van der Waals surface area contributed by atoms with E-state index in [0.717, 1.165) is 25.5 Å². The number of guanidine groups is 1. The fourth-order valence-corrected chi connectivity index (χ4v) is 1.21. The number of hydrogen-bond donors (Lipinski definition) is 4. The summed E-state index contributed by atoms with van der Waals surface area (Å²) in [6, 6.07) is 1.81. The van der Waals surface area contributed by atoms with Crippen molar-refractivity contribution in [3.05, 3.63) is 24.3 Å². The van der Waals surface area contributed by atoms with Gasteiger partial charge in [-0.2, -0.15) is 0 Å². The number of hydrogen-bond acceptors (Lipinski definition) is 5. The topological polar surface area (TPSA) is 123 Å². The minimum Gasteiger partial charge on any atom is -0.370 e. The smallest absolute Gasteiger partial charge is 0.183 e. The first-order valence-corrected chi connectivity index (χ1v) is 4.89. The fraction of sp³-hybridized carbons (Fsp3) is 0.444. The van der Waals surface area contributed by atoms with Gasteiger partial charge in [0.25, 0.3) is 0 Å². The van der Waals surface area contributed by atoms with Gasteiger partial charge in [-0.25, -0.2) is 9.97 Å². The Balaban J connectivity index is 0.000000280. The van der Waals surface area contributed by atoms with E-state index < -0.39 is 0 Å². The molecule has 1 aliphatic rings. The zero-order valence-electron chi connectivity index (χ0n) is 8.89. The predicted octanol–water partition coefficient (Wildman–Crippen LogP) is -1.02. The van der Waals surface area contributed by atoms with Crippen molar-refractivity contribution in [3.8, 4) is 0 Å². The number of ether oxygens (including phenoxy) is 1. The maximum Gasteiger partial charge on any atom is 0.183 e. The average molecular weight is 224 g/mol. The van der Waals surface area contributed by atoms with Crippen molar-refractivity contribution in [1.82, 2.24) is 15.3 Å². The molecule has 0 aromatic carbocycles. The van der Waals surface area contributed by atoms with E-state index in [-0.39, 0.29) is 12.1 Å². The molecule has 1 aliphatic heterocycles. The zero-order valence-corrected chi connectivity index (χ0v) is 8.89. The molecule has 2 rings (SSSR count). The molecule has 16 heavy (non-hydrogen) atoms. The zero-order chi connectivity index (χ0) is 11.8. The molecule has 0 bridgehead atoms. The largest absolute Gasteiger partial charge is 0.370 e. The van der Waals surface area contributed by atoms with Crippen molar-refractivity contribution < 1.29 is 4.74 Å². The van der Waals surface area contributed by atoms with Crippen LogP contribution in [-0.2, 0) is 4.74 Å². The van der Waals surface area contributed by atoms with Crippen LogP contribution in [0.15, 0.2) is 18.5 Å². The number of morpholine rings is 1. The van der Waals surface area contributed by atoms with Gasteiger partial charge in [-0.05, 0) is 6.07 Å². The van der Waals surface area contributed by atoms with Gasteiger partial charge in [0.05, 0.1) is 6.61 Å². The molecule has 88 valence electrons. The van der Waals surface area contributed by atoms with Crippen molar-refractivity contribution in [2.24, 2.45) is 11.5 Å². The van der Waals surface area contributed by atoms with Gasteiger partial charge in [0.1, 0.15) is 6.10 Å². The van der Waals surface area contributed by atoms with E-state index in [0.29, 0.717) is 0 Å². The third kappa shape index (κ3) is 4.67. The molecule has 0 spiro atoms. The lowest BCUT2D eigenvalue weighted by Gasteiger charge is -2.21. The summed E-state index contributed by atoms with van der Waals surface area (Å²) in [4.78, 5) is 8.25. The monoisotopic (exact) mass is 224 g/mol. The number of nitrogens with one attached hydrogen (secondary N) is 2. The van der Waals surface area contributed by atoms with Crippen molar-refractivity contribution in [3.63, 3.8) is 0 Å². The van der Waals surface area contributed by atoms with Crippen LogP contribution in [0.25, 0.3) is 0 Å². The highest BCUT2D eigenvalue weighted by Crippen LogP contribution is 2.12. The van der Waals surface area contributed by atoms with Crippen LogP contribution in [0.4, 0.5) is 0 Å². The summed E-state index contributed by atoms with van der Waals surface area (Å²) in [5.74, 6) is 0.435. The first kappa shape index (κ1) is 12.3. The Labute approximate surface area is 93.7 Å². The van der Waals surface area contributed by atoms with Gasteiger partial charge in [0.15, 0.2) is 11.8 Å². The number of rotatable bonds is 1. The van der Waals surface area contributed by atoms with Crippen LogP contribution in [0.2, 0.25) is 0 Å². The van der Waals surface area contributed by atoms with E-state index in [1.54, 1.807) is 18.5 Å². The van der Waals surface area contributed by atoms with Crippen LogP contribution in [0.5, 0.6) is 0 Å². The Kier molecular flexibility index (Phi) is 5.17. The summed E-state index contributed by atoms with van der Waals surface area (Å²) in [5, 5.41) is 9.28. The normalized spacial score (nSPS) is 19.4. The molecule has 7 heteroatoms. The van der Waals surface area contributed by atoms with Crippen molar-refractivity contribution >= 4 is 5.96 Å². The van der Waals surface area contributed by atoms with Gasteiger partial charge in [0.2, 0.25) is 0 Å². The molecule has 7 nitrogen and oxygen atoms in total. The lowest BCUT2D eigenvalue weighted by Crippen LogP contribution is -2.34. The lowest BCUT2D eigenvalue weighted by atomic mass is 10.3. The van der Waals surface area contributed by atoms with Gasteiger partial charge in [0, 0.05) is 25.5 Å². The summed E-state index contributed by atoms with van der Waals surface area (Å²) in [7, 11) is 0. The van der Waals surface area contributed by atoms with Crippen molar-refractivity contribution in [1.29, 1.82) is 5.41 Å². The van der Waals surface area contributed by atoms with Gasteiger partial charge in [-0.3, -0.25) is 5.41 Å². The molecule has 1 aromatic rings. The first-order chi connectivity index (χ1) is 7.70. The summed E-state index contributed by atoms with van der Waals surface area (Å²) in [5.41, 5.74) is 8.94. The van der Waals surface area contributed by atoms with Crippen LogP contribution in [0.3, 0.4) is 0 Å². The maximum atomic E-state index is 6.06. The minimum atomic E-state index is -0.333. The summed E-state index contributed by atoms with van der Waals surface area (Å²) in [6.07, 6.45) is 3.50. The summed E-state index contributed by atoms with van der Waals surface area (Å²) in [6.45, 7) is 2.47. The van der Waals surface area contributed by atoms with Gasteiger partial charge < -0.3 is 21.5 Å². The number of nitrogens with zero attached hydrogens (tertiary/aromatic N) is 2. The van der Waals surface area contributed by atoms with Crippen molar-refractivity contribution in [2.45, 2.75) is 6.10 Å². The third-order valence-corrected chi connectivity index (χ3v) is 1.80. The molecule has 2 heterocycles. The summed E-state index contributed by atoms with van der Waals surface area (Å²) < 4.78 is 5.48. The summed E-state index contributed by atoms with van der Waals surface area (Å²) >= 11 is 0. The van der Waals surface area contributed by atoms with E-state index in [2.05, 4.69) is 26.8 Å². The predicted molar refractivity (Wildman–Crippen MR) is 59.7 cm³/mol. The Morgan fingerprint density at radius 3 is 2.56 bits per heavy atom. The van der Waals surface area contributed by atoms with Crippen LogP contribution in [0.1, 0.15) is 11.9 Å². The van der Waals surface area contributed by atoms with Gasteiger partial charge >= 0.3 is 0 Å². The molecule has 0 radical (unpaired) electrons. The van der Waals surface area contributed by atoms with Crippen LogP contribution in [0, 0.1) is 5.41 Å². The molecular formula is C9H16N6O. The standard InChI is InChI=1S/C8H11N3O.CH5N3/c1-2-10-8(11-3-1)7-6-9-4-5-12-7;2-1(3)4/h1-3,7,9H,4-6H2;(H5,2,3,4). The van der Waals surface area contributed by atoms with E-state index in [1.807, 2.05) is 0 Å². The molecular weight excluding hydrogens is 208 g/mol. The quantitative estimate of drug-likeness (QED) is 0.357. The van der Waals surface area contributed by atoms with Crippen LogP contribution in [-0.4, -0.2) is 35.6 Å². The Bertz CT molecular complexity index is 307. The number of aromatic nitrogens is 2. The molecule has 1 aromatic heterocycles. The molecule has 0 amide bonds. The highest BCUT2D eigenvalue weighted by Gasteiger charge is 2.17. The lowest BCUT2D eigenvalue weighted by molar-refractivity contribution is 0.0221. The highest BCUT2D eigenvalue weighted by molar-refractivity contribution is 5.71. The molecule has 6 N–H and O–H groups in total. The Morgan fingerprint density at radius 2 is 2.06 bits per heavy atom. The average Bonchev–Trinajstić information content (AvgIpc) is 2.31. The second-order valence-corrected chi connectivity index (χ2v) is 3.13. The highest BCUT2D eigenvalue weighted by atomic mass is 16.5. The Morgan fingerprint density at radius 1 is 1.44 bits per heavy atom. The van der Waals surface area contributed by atoms with E-state index in [9.17, 15) is 0 Å². The maximum absolute atomic E-state index is 6.06. The van der Waals surface area contributed by atoms with Gasteiger partial charge in [-0.15, -0.1) is 0 Å². The van der Waals surface area contributed by atoms with E-state index in [1.165, 1.54) is 0 Å². The minimum absolute atomic E-state index is 0.0277. The van der Waals surface area contributed by atoms with Gasteiger partial charge in [-0.1, -0.05) is 0 Å². The molecule has 1 atom stereocenters. The molecule has 1 saturated heterocycles. The fourth-order valence-electron chi connectivity index (χ4n) is 1.21. The Hall–Kier alpha value is -1.73. The van der Waals surface area contributed by atoms with E-state index in [4.69, 9.17) is 10.1 Å². The van der Waals surface area contributed by atoms with E-state index >= 15 is 0 Å². The first-order valence-electron chi connectivity index (χ1n) is 4.89. The second-order valence-electron chi connectivity index (χ2n) is 3.13. The SMILES string of the molecule is N=C(N)N.c1cnc(C2CNCCO2)nc1. The van der Waals surface area contributed by atoms with Crippen LogP contribution < -0.4 is 16.8 Å². The molecule has 1 unspecified atom stereocenters. The molecule has 0 saturated carbocycles. The van der Waals surface area contributed by atoms with Crippen LogP contribution >= 0.6 is 0 Å². The molecule has 0 aliphatic carbocycles. The molecule has 1 fully saturated rings. The third-order valence-electron chi connectivity index (χ3n) is 1.80. The van der Waals surface area contributed by atoms with Crippen molar-refractivity contribution in [2.75, 3.05) is 19.7 Å². The number of nitrogens with two attached hydrogens (primary N) is 2.